The Morgan fingerprint density at radius 2 is 1.85 bits per heavy atom. The van der Waals surface area contributed by atoms with Crippen LogP contribution >= 0.6 is 39.1 Å². The lowest BCUT2D eigenvalue weighted by Crippen LogP contribution is -2.29. The fraction of sp³-hybridized carbons (Fsp3) is 0.174. The molecule has 0 fully saturated rings. The van der Waals surface area contributed by atoms with E-state index in [-0.39, 0.29) is 17.5 Å². The maximum Gasteiger partial charge on any atom is 0.241 e. The van der Waals surface area contributed by atoms with Crippen molar-refractivity contribution in [2.45, 2.75) is 24.3 Å². The van der Waals surface area contributed by atoms with Crippen LogP contribution in [-0.2, 0) is 10.0 Å². The molecule has 172 valence electrons. The highest BCUT2D eigenvalue weighted by molar-refractivity contribution is 9.10. The van der Waals surface area contributed by atoms with Crippen LogP contribution in [0.15, 0.2) is 75.1 Å². The number of rotatable bonds is 6. The first kappa shape index (κ1) is 24.2. The van der Waals surface area contributed by atoms with Crippen molar-refractivity contribution in [2.24, 2.45) is 5.10 Å². The van der Waals surface area contributed by atoms with Gasteiger partial charge in [-0.3, -0.25) is 5.01 Å². The van der Waals surface area contributed by atoms with Crippen molar-refractivity contribution in [1.82, 2.24) is 4.72 Å². The van der Waals surface area contributed by atoms with Gasteiger partial charge in [0.15, 0.2) is 0 Å². The van der Waals surface area contributed by atoms with E-state index in [1.54, 1.807) is 30.1 Å². The number of nitrogens with zero attached hydrogens (tertiary/aromatic N) is 2. The van der Waals surface area contributed by atoms with E-state index in [9.17, 15) is 12.8 Å². The Labute approximate surface area is 210 Å². The van der Waals surface area contributed by atoms with Gasteiger partial charge in [0.1, 0.15) is 5.82 Å². The van der Waals surface area contributed by atoms with Crippen LogP contribution in [0, 0.1) is 12.7 Å². The predicted molar refractivity (Wildman–Crippen MR) is 134 cm³/mol. The number of hydrogen-bond donors (Lipinski definition) is 1. The highest BCUT2D eigenvalue weighted by Crippen LogP contribution is 2.39. The second kappa shape index (κ2) is 9.72. The van der Waals surface area contributed by atoms with Crippen molar-refractivity contribution in [3.8, 4) is 0 Å². The number of halogens is 4. The van der Waals surface area contributed by atoms with Crippen LogP contribution in [0.25, 0.3) is 0 Å². The molecule has 0 saturated heterocycles. The molecule has 1 heterocycles. The molecule has 1 N–H and O–H groups in total. The number of anilines is 1. The monoisotopic (exact) mass is 569 g/mol. The fourth-order valence-corrected chi connectivity index (χ4v) is 5.66. The summed E-state index contributed by atoms with van der Waals surface area (Å²) in [5.41, 5.74) is 2.73. The maximum absolute atomic E-state index is 13.6. The summed E-state index contributed by atoms with van der Waals surface area (Å²) < 4.78 is 42.7. The van der Waals surface area contributed by atoms with E-state index in [4.69, 9.17) is 23.2 Å². The largest absolute Gasteiger partial charge is 0.256 e. The highest BCUT2D eigenvalue weighted by Gasteiger charge is 2.31. The van der Waals surface area contributed by atoms with Crippen molar-refractivity contribution in [3.05, 3.63) is 92.1 Å². The molecule has 1 atom stereocenters. The minimum Gasteiger partial charge on any atom is -0.256 e. The second-order valence-electron chi connectivity index (χ2n) is 7.61. The Kier molecular flexibility index (Phi) is 7.12. The molecule has 1 unspecified atom stereocenters. The summed E-state index contributed by atoms with van der Waals surface area (Å²) in [6.07, 6.45) is 0.477. The van der Waals surface area contributed by atoms with E-state index in [0.29, 0.717) is 33.4 Å². The predicted octanol–water partition coefficient (Wildman–Crippen LogP) is 6.49. The Morgan fingerprint density at radius 1 is 1.12 bits per heavy atom. The molecule has 5 nitrogen and oxygen atoms in total. The summed E-state index contributed by atoms with van der Waals surface area (Å²) in [5, 5.41) is 7.39. The molecule has 33 heavy (non-hydrogen) atoms. The van der Waals surface area contributed by atoms with E-state index in [1.165, 1.54) is 12.1 Å². The lowest BCUT2D eigenvalue weighted by Gasteiger charge is -2.25. The van der Waals surface area contributed by atoms with Crippen molar-refractivity contribution in [2.75, 3.05) is 11.6 Å². The van der Waals surface area contributed by atoms with Gasteiger partial charge in [-0.05, 0) is 60.5 Å². The summed E-state index contributed by atoms with van der Waals surface area (Å²) in [5.74, 6) is -0.613. The molecule has 0 radical (unpaired) electrons. The average Bonchev–Trinajstić information content (AvgIpc) is 3.18. The lowest BCUT2D eigenvalue weighted by molar-refractivity contribution is 0.581. The van der Waals surface area contributed by atoms with E-state index < -0.39 is 15.8 Å². The third-order valence-electron chi connectivity index (χ3n) is 5.29. The molecule has 1 aliphatic heterocycles. The smallest absolute Gasteiger partial charge is 0.241 e. The number of sulfonamides is 1. The number of hydrogen-bond acceptors (Lipinski definition) is 4. The quantitative estimate of drug-likeness (QED) is 0.368. The van der Waals surface area contributed by atoms with Gasteiger partial charge >= 0.3 is 0 Å². The van der Waals surface area contributed by atoms with Gasteiger partial charge in [0.05, 0.1) is 33.9 Å². The van der Waals surface area contributed by atoms with Gasteiger partial charge in [0.2, 0.25) is 10.0 Å². The number of aryl methyl sites for hydroxylation is 1. The maximum atomic E-state index is 13.6. The molecule has 3 aromatic rings. The van der Waals surface area contributed by atoms with Crippen LogP contribution in [0.5, 0.6) is 0 Å². The second-order valence-corrected chi connectivity index (χ2v) is 11.1. The number of hydrazone groups is 1. The zero-order valence-electron chi connectivity index (χ0n) is 17.4. The summed E-state index contributed by atoms with van der Waals surface area (Å²) in [4.78, 5) is -0.0943. The molecule has 0 amide bonds. The van der Waals surface area contributed by atoms with E-state index in [2.05, 4.69) is 25.8 Å². The van der Waals surface area contributed by atoms with Gasteiger partial charge in [-0.15, -0.1) is 0 Å². The molecule has 10 heteroatoms. The summed E-state index contributed by atoms with van der Waals surface area (Å²) in [6, 6.07) is 16.5. The van der Waals surface area contributed by atoms with Crippen LogP contribution in [0.1, 0.15) is 23.6 Å². The minimum atomic E-state index is -3.92. The Hall–Kier alpha value is -1.97. The first-order chi connectivity index (χ1) is 15.6. The highest BCUT2D eigenvalue weighted by atomic mass is 79.9. The first-order valence-electron chi connectivity index (χ1n) is 9.96. The minimum absolute atomic E-state index is 0.0208. The van der Waals surface area contributed by atoms with Gasteiger partial charge in [-0.2, -0.15) is 5.10 Å². The first-order valence-corrected chi connectivity index (χ1v) is 13.0. The van der Waals surface area contributed by atoms with Crippen LogP contribution in [-0.4, -0.2) is 20.7 Å². The van der Waals surface area contributed by atoms with Gasteiger partial charge < -0.3 is 0 Å². The van der Waals surface area contributed by atoms with Gasteiger partial charge in [-0.25, -0.2) is 17.5 Å². The normalized spacial score (nSPS) is 16.2. The topological polar surface area (TPSA) is 61.8 Å². The van der Waals surface area contributed by atoms with E-state index >= 15 is 0 Å². The third kappa shape index (κ3) is 5.41. The Bertz CT molecular complexity index is 1330. The van der Waals surface area contributed by atoms with Crippen LogP contribution in [0.4, 0.5) is 10.1 Å². The fourth-order valence-electron chi connectivity index (χ4n) is 3.63. The lowest BCUT2D eigenvalue weighted by atomic mass is 10.0. The van der Waals surface area contributed by atoms with Crippen LogP contribution in [0.3, 0.4) is 0 Å². The van der Waals surface area contributed by atoms with Crippen LogP contribution < -0.4 is 9.73 Å². The van der Waals surface area contributed by atoms with Gasteiger partial charge in [0, 0.05) is 15.9 Å². The van der Waals surface area contributed by atoms with E-state index in [1.807, 2.05) is 24.3 Å². The SMILES string of the molecule is Cc1ccc(F)cc1S(=O)(=O)NCC1=NN(c2ccc(Cl)cc2Cl)C(c2ccc(Br)cc2)C1. The number of benzene rings is 3. The molecule has 0 spiro atoms. The summed E-state index contributed by atoms with van der Waals surface area (Å²) >= 11 is 15.9. The molecule has 3 aromatic carbocycles. The van der Waals surface area contributed by atoms with Crippen molar-refractivity contribution in [1.29, 1.82) is 0 Å². The van der Waals surface area contributed by atoms with Crippen molar-refractivity contribution >= 4 is 60.6 Å². The van der Waals surface area contributed by atoms with Crippen molar-refractivity contribution < 1.29 is 12.8 Å². The molecule has 4 rings (SSSR count). The standard InChI is InChI=1S/C23H19BrCl2FN3O2S/c1-14-2-8-18(27)11-23(14)33(31,32)28-13-19-12-22(15-3-5-16(24)6-4-15)30(29-19)21-9-7-17(25)10-20(21)26/h2-11,22,28H,12-13H2,1H3. The number of nitrogens with one attached hydrogen (secondary N) is 1. The average molecular weight is 571 g/mol. The van der Waals surface area contributed by atoms with E-state index in [0.717, 1.165) is 16.1 Å². The molecule has 1 aliphatic rings. The van der Waals surface area contributed by atoms with Crippen molar-refractivity contribution in [3.63, 3.8) is 0 Å². The molecule has 0 aromatic heterocycles. The molecule has 0 aliphatic carbocycles. The summed E-state index contributed by atoms with van der Waals surface area (Å²) in [7, 11) is -3.92. The van der Waals surface area contributed by atoms with Gasteiger partial charge in [0.25, 0.3) is 0 Å². The third-order valence-corrected chi connectivity index (χ3v) is 7.90. The Morgan fingerprint density at radius 3 is 2.55 bits per heavy atom. The zero-order valence-corrected chi connectivity index (χ0v) is 21.3. The summed E-state index contributed by atoms with van der Waals surface area (Å²) in [6.45, 7) is 1.60. The molecular weight excluding hydrogens is 552 g/mol. The molecular formula is C23H19BrCl2FN3O2S. The Balaban J connectivity index is 1.63. The molecule has 0 saturated carbocycles. The molecule has 0 bridgehead atoms. The van der Waals surface area contributed by atoms with Gasteiger partial charge in [-0.1, -0.05) is 57.3 Å². The van der Waals surface area contributed by atoms with Crippen LogP contribution in [0.2, 0.25) is 10.0 Å². The zero-order chi connectivity index (χ0) is 23.8.